The fourth-order valence-electron chi connectivity index (χ4n) is 2.58. The zero-order chi connectivity index (χ0) is 21.7. The van der Waals surface area contributed by atoms with E-state index in [4.69, 9.17) is 4.18 Å². The Morgan fingerprint density at radius 2 is 1.70 bits per heavy atom. The smallest absolute Gasteiger partial charge is 0.339 e. The molecule has 3 rings (SSSR count). The first-order chi connectivity index (χ1) is 14.2. The lowest BCUT2D eigenvalue weighted by Gasteiger charge is -2.09. The van der Waals surface area contributed by atoms with Crippen LogP contribution in [0.4, 0.5) is 5.69 Å². The van der Waals surface area contributed by atoms with E-state index in [0.29, 0.717) is 12.1 Å². The Kier molecular flexibility index (Phi) is 6.12. The van der Waals surface area contributed by atoms with Gasteiger partial charge < -0.3 is 9.50 Å². The van der Waals surface area contributed by atoms with Crippen molar-refractivity contribution in [3.8, 4) is 5.75 Å². The third kappa shape index (κ3) is 5.21. The van der Waals surface area contributed by atoms with Gasteiger partial charge in [0.25, 0.3) is 11.6 Å². The fourth-order valence-corrected chi connectivity index (χ4v) is 3.55. The number of hydrogen-bond acceptors (Lipinski definition) is 6. The SMILES string of the molecule is Cc1ccc(CNC(=O)c2ccc(OS(=O)(=O)c3cccc([N+](=O)[O-])c3)cc2)cc1. The zero-order valence-electron chi connectivity index (χ0n) is 15.9. The van der Waals surface area contributed by atoms with E-state index < -0.39 is 15.0 Å². The molecule has 30 heavy (non-hydrogen) atoms. The van der Waals surface area contributed by atoms with E-state index >= 15 is 0 Å². The number of rotatable bonds is 7. The predicted molar refractivity (Wildman–Crippen MR) is 110 cm³/mol. The van der Waals surface area contributed by atoms with Crippen molar-refractivity contribution >= 4 is 21.7 Å². The van der Waals surface area contributed by atoms with Crippen LogP contribution in [0.3, 0.4) is 0 Å². The number of non-ortho nitro benzene ring substituents is 1. The lowest BCUT2D eigenvalue weighted by atomic mass is 10.1. The topological polar surface area (TPSA) is 116 Å². The van der Waals surface area contributed by atoms with Crippen molar-refractivity contribution in [3.63, 3.8) is 0 Å². The van der Waals surface area contributed by atoms with E-state index in [1.165, 1.54) is 42.5 Å². The minimum absolute atomic E-state index is 0.0170. The first kappa shape index (κ1) is 21.0. The average molecular weight is 426 g/mol. The van der Waals surface area contributed by atoms with Crippen LogP contribution < -0.4 is 9.50 Å². The van der Waals surface area contributed by atoms with Gasteiger partial charge in [-0.3, -0.25) is 14.9 Å². The third-order valence-corrected chi connectivity index (χ3v) is 5.46. The van der Waals surface area contributed by atoms with Crippen LogP contribution >= 0.6 is 0 Å². The van der Waals surface area contributed by atoms with Crippen LogP contribution in [0.15, 0.2) is 77.7 Å². The predicted octanol–water partition coefficient (Wildman–Crippen LogP) is 3.60. The quantitative estimate of drug-likeness (QED) is 0.351. The fraction of sp³-hybridized carbons (Fsp3) is 0.0952. The second-order valence-corrected chi connectivity index (χ2v) is 8.03. The minimum Gasteiger partial charge on any atom is -0.379 e. The number of nitro benzene ring substituents is 1. The molecule has 0 spiro atoms. The molecule has 1 N–H and O–H groups in total. The standard InChI is InChI=1S/C21H18N2O6S/c1-15-5-7-16(8-6-15)14-22-21(24)17-9-11-19(12-10-17)29-30(27,28)20-4-2-3-18(13-20)23(25)26/h2-13H,14H2,1H3,(H,22,24). The Labute approximate surface area is 173 Å². The number of hydrogen-bond donors (Lipinski definition) is 1. The summed E-state index contributed by atoms with van der Waals surface area (Å²) in [5, 5.41) is 13.6. The molecule has 0 unspecified atom stereocenters. The first-order valence-electron chi connectivity index (χ1n) is 8.87. The lowest BCUT2D eigenvalue weighted by molar-refractivity contribution is -0.385. The Bertz CT molecular complexity index is 1170. The number of nitrogens with one attached hydrogen (secondary N) is 1. The Morgan fingerprint density at radius 3 is 2.33 bits per heavy atom. The monoisotopic (exact) mass is 426 g/mol. The summed E-state index contributed by atoms with van der Waals surface area (Å²) in [5.74, 6) is -0.333. The van der Waals surface area contributed by atoms with Gasteiger partial charge in [-0.2, -0.15) is 8.42 Å². The highest BCUT2D eigenvalue weighted by Gasteiger charge is 2.20. The van der Waals surface area contributed by atoms with Gasteiger partial charge in [-0.1, -0.05) is 35.9 Å². The molecule has 3 aromatic carbocycles. The molecule has 3 aromatic rings. The van der Waals surface area contributed by atoms with Gasteiger partial charge in [-0.05, 0) is 42.8 Å². The van der Waals surface area contributed by atoms with E-state index in [9.17, 15) is 23.3 Å². The number of carbonyl (C=O) groups excluding carboxylic acids is 1. The molecule has 0 radical (unpaired) electrons. The highest BCUT2D eigenvalue weighted by Crippen LogP contribution is 2.22. The maximum absolute atomic E-state index is 12.4. The van der Waals surface area contributed by atoms with Gasteiger partial charge in [0.2, 0.25) is 0 Å². The van der Waals surface area contributed by atoms with Crippen LogP contribution in [0.5, 0.6) is 5.75 Å². The number of carbonyl (C=O) groups is 1. The molecule has 0 bridgehead atoms. The summed E-state index contributed by atoms with van der Waals surface area (Å²) in [4.78, 5) is 22.1. The normalized spacial score (nSPS) is 11.0. The maximum Gasteiger partial charge on any atom is 0.339 e. The Hall–Kier alpha value is -3.72. The Morgan fingerprint density at radius 1 is 1.03 bits per heavy atom. The van der Waals surface area contributed by atoms with E-state index in [1.54, 1.807) is 0 Å². The summed E-state index contributed by atoms with van der Waals surface area (Å²) in [6.07, 6.45) is 0. The van der Waals surface area contributed by atoms with Crippen molar-refractivity contribution in [2.24, 2.45) is 0 Å². The lowest BCUT2D eigenvalue weighted by Crippen LogP contribution is -2.22. The molecule has 0 aliphatic carbocycles. The molecule has 0 fully saturated rings. The van der Waals surface area contributed by atoms with E-state index in [-0.39, 0.29) is 22.2 Å². The molecule has 154 valence electrons. The molecular formula is C21H18N2O6S. The largest absolute Gasteiger partial charge is 0.379 e. The maximum atomic E-state index is 12.4. The number of benzene rings is 3. The molecule has 0 aliphatic heterocycles. The number of aryl methyl sites for hydroxylation is 1. The summed E-state index contributed by atoms with van der Waals surface area (Å²) >= 11 is 0. The molecule has 0 atom stereocenters. The third-order valence-electron chi connectivity index (χ3n) is 4.21. The summed E-state index contributed by atoms with van der Waals surface area (Å²) in [5.41, 5.74) is 2.06. The van der Waals surface area contributed by atoms with Crippen LogP contribution in [-0.2, 0) is 16.7 Å². The van der Waals surface area contributed by atoms with Crippen molar-refractivity contribution in [2.45, 2.75) is 18.4 Å². The highest BCUT2D eigenvalue weighted by atomic mass is 32.2. The summed E-state index contributed by atoms with van der Waals surface area (Å²) < 4.78 is 29.7. The molecule has 0 heterocycles. The molecule has 9 heteroatoms. The zero-order valence-corrected chi connectivity index (χ0v) is 16.8. The minimum atomic E-state index is -4.26. The molecule has 0 saturated carbocycles. The van der Waals surface area contributed by atoms with Crippen molar-refractivity contribution < 1.29 is 22.3 Å². The van der Waals surface area contributed by atoms with Crippen molar-refractivity contribution in [3.05, 3.63) is 99.6 Å². The molecule has 1 amide bonds. The van der Waals surface area contributed by atoms with Crippen LogP contribution in [-0.4, -0.2) is 19.2 Å². The second kappa shape index (κ2) is 8.75. The van der Waals surface area contributed by atoms with Crippen LogP contribution in [0.25, 0.3) is 0 Å². The van der Waals surface area contributed by atoms with Crippen LogP contribution in [0.1, 0.15) is 21.5 Å². The van der Waals surface area contributed by atoms with Gasteiger partial charge in [0.15, 0.2) is 0 Å². The number of amides is 1. The van der Waals surface area contributed by atoms with Gasteiger partial charge in [0, 0.05) is 24.2 Å². The van der Waals surface area contributed by atoms with E-state index in [2.05, 4.69) is 5.32 Å². The van der Waals surface area contributed by atoms with Crippen LogP contribution in [0.2, 0.25) is 0 Å². The van der Waals surface area contributed by atoms with Gasteiger partial charge in [-0.25, -0.2) is 0 Å². The first-order valence-corrected chi connectivity index (χ1v) is 10.3. The molecular weight excluding hydrogens is 408 g/mol. The van der Waals surface area contributed by atoms with Gasteiger partial charge in [-0.15, -0.1) is 0 Å². The summed E-state index contributed by atoms with van der Waals surface area (Å²) in [7, 11) is -4.26. The highest BCUT2D eigenvalue weighted by molar-refractivity contribution is 7.87. The molecule has 0 saturated heterocycles. The van der Waals surface area contributed by atoms with Crippen LogP contribution in [0, 0.1) is 17.0 Å². The van der Waals surface area contributed by atoms with Crippen molar-refractivity contribution in [2.75, 3.05) is 0 Å². The molecule has 0 aliphatic rings. The Balaban J connectivity index is 1.66. The summed E-state index contributed by atoms with van der Waals surface area (Å²) in [6.45, 7) is 2.34. The average Bonchev–Trinajstić information content (AvgIpc) is 2.73. The molecule has 8 nitrogen and oxygen atoms in total. The van der Waals surface area contributed by atoms with Gasteiger partial charge >= 0.3 is 10.1 Å². The van der Waals surface area contributed by atoms with Gasteiger partial charge in [0.1, 0.15) is 10.6 Å². The summed E-state index contributed by atoms with van der Waals surface area (Å²) in [6, 6.07) is 17.9. The number of nitrogens with zero attached hydrogens (tertiary/aromatic N) is 1. The second-order valence-electron chi connectivity index (χ2n) is 6.48. The van der Waals surface area contributed by atoms with E-state index in [0.717, 1.165) is 17.2 Å². The van der Waals surface area contributed by atoms with Gasteiger partial charge in [0.05, 0.1) is 4.92 Å². The molecule has 0 aromatic heterocycles. The van der Waals surface area contributed by atoms with E-state index in [1.807, 2.05) is 31.2 Å². The van der Waals surface area contributed by atoms with Crippen molar-refractivity contribution in [1.29, 1.82) is 0 Å². The van der Waals surface area contributed by atoms with Crippen molar-refractivity contribution in [1.82, 2.24) is 5.32 Å². The number of nitro groups is 1.